The molecule has 2 aliphatic heterocycles. The van der Waals surface area contributed by atoms with E-state index in [1.165, 1.54) is 55.2 Å². The smallest absolute Gasteiger partial charge is 0.166 e. The van der Waals surface area contributed by atoms with Crippen LogP contribution < -0.4 is 0 Å². The number of fused-ring (bicyclic) bond motifs is 3. The lowest BCUT2D eigenvalue weighted by Gasteiger charge is -2.70. The Morgan fingerprint density at radius 1 is 0.921 bits per heavy atom. The molecule has 38 heavy (non-hydrogen) atoms. The molecule has 1 spiro atoms. The summed E-state index contributed by atoms with van der Waals surface area (Å²) in [6.45, 7) is 7.38. The average Bonchev–Trinajstić information content (AvgIpc) is 3.26. The lowest BCUT2D eigenvalue weighted by Crippen LogP contribution is -2.75. The van der Waals surface area contributed by atoms with Crippen LogP contribution in [0.3, 0.4) is 0 Å². The van der Waals surface area contributed by atoms with Gasteiger partial charge in [-0.1, -0.05) is 87.5 Å². The molecule has 2 aromatic carbocycles. The summed E-state index contributed by atoms with van der Waals surface area (Å²) in [5.74, 6) is 3.34. The van der Waals surface area contributed by atoms with E-state index in [1.54, 1.807) is 0 Å². The fourth-order valence-corrected chi connectivity index (χ4v) is 10.7. The highest BCUT2D eigenvalue weighted by atomic mass is 16.5. The number of Topliss-reactive ketones (excluding diaryl/α,β-unsaturated/α-hetero) is 1. The Hall–Kier alpha value is -2.19. The number of carbonyl (C=O) groups is 1. The summed E-state index contributed by atoms with van der Waals surface area (Å²) in [5.41, 5.74) is 3.58. The topological polar surface area (TPSA) is 26.3 Å². The lowest BCUT2D eigenvalue weighted by molar-refractivity contribution is -0.307. The quantitative estimate of drug-likeness (QED) is 0.405. The van der Waals surface area contributed by atoms with Gasteiger partial charge in [-0.2, -0.15) is 0 Å². The second kappa shape index (κ2) is 8.91. The Balaban J connectivity index is 1.17. The number of ether oxygens (including phenoxy) is 1. The molecule has 4 saturated carbocycles. The standard InChI is InChI=1S/C36H44O2/c1-24(14-16-29(25-10-6-4-7-11-25)26-12-8-5-9-13-26)30-18-19-31-32-17-15-27-22-28-20-21-35(27,3)36(32,38-28)33(37)23-34(30,31)2/h4-13,16,24,27-28,30-32H,14-15,17-23H2,1-3H3/t24-,27-,28+,30+,31-,32-,34+,35-,36-/m0/s1. The number of allylic oxidation sites excluding steroid dienone is 1. The monoisotopic (exact) mass is 508 g/mol. The van der Waals surface area contributed by atoms with Crippen molar-refractivity contribution in [2.24, 2.45) is 40.4 Å². The number of carbonyl (C=O) groups excluding carboxylic acids is 1. The zero-order valence-electron chi connectivity index (χ0n) is 23.5. The van der Waals surface area contributed by atoms with Gasteiger partial charge in [0.1, 0.15) is 5.60 Å². The van der Waals surface area contributed by atoms with Crippen LogP contribution in [0.5, 0.6) is 0 Å². The van der Waals surface area contributed by atoms with Crippen molar-refractivity contribution in [3.8, 4) is 0 Å². The molecule has 0 aromatic heterocycles. The molecule has 2 nitrogen and oxygen atoms in total. The average molecular weight is 509 g/mol. The number of benzene rings is 2. The van der Waals surface area contributed by atoms with E-state index in [1.807, 2.05) is 0 Å². The van der Waals surface area contributed by atoms with Gasteiger partial charge in [0.2, 0.25) is 0 Å². The summed E-state index contributed by atoms with van der Waals surface area (Å²) in [6.07, 6.45) is 13.2. The first-order valence-corrected chi connectivity index (χ1v) is 15.4. The largest absolute Gasteiger partial charge is 0.363 e. The molecule has 0 unspecified atom stereocenters. The van der Waals surface area contributed by atoms with Crippen LogP contribution in [0, 0.1) is 40.4 Å². The van der Waals surface area contributed by atoms with Crippen molar-refractivity contribution in [3.63, 3.8) is 0 Å². The number of hydrogen-bond donors (Lipinski definition) is 0. The van der Waals surface area contributed by atoms with Crippen LogP contribution in [0.2, 0.25) is 0 Å². The highest BCUT2D eigenvalue weighted by Gasteiger charge is 2.74. The Morgan fingerprint density at radius 3 is 2.26 bits per heavy atom. The first-order chi connectivity index (χ1) is 18.4. The minimum Gasteiger partial charge on any atom is -0.363 e. The highest BCUT2D eigenvalue weighted by Crippen LogP contribution is 2.72. The summed E-state index contributed by atoms with van der Waals surface area (Å²) < 4.78 is 6.93. The Bertz CT molecular complexity index is 1190. The Labute approximate surface area is 229 Å². The third-order valence-electron chi connectivity index (χ3n) is 12.5. The maximum atomic E-state index is 14.4. The molecular formula is C36H44O2. The summed E-state index contributed by atoms with van der Waals surface area (Å²) >= 11 is 0. The molecular weight excluding hydrogens is 464 g/mol. The van der Waals surface area contributed by atoms with Crippen LogP contribution >= 0.6 is 0 Å². The Morgan fingerprint density at radius 2 is 1.58 bits per heavy atom. The van der Waals surface area contributed by atoms with Crippen molar-refractivity contribution < 1.29 is 9.53 Å². The van der Waals surface area contributed by atoms with E-state index in [0.29, 0.717) is 41.5 Å². The number of rotatable bonds is 5. The van der Waals surface area contributed by atoms with E-state index < -0.39 is 5.60 Å². The summed E-state index contributed by atoms with van der Waals surface area (Å²) in [5, 5.41) is 0. The molecule has 0 amide bonds. The zero-order chi connectivity index (χ0) is 26.1. The minimum absolute atomic E-state index is 0.0653. The fraction of sp³-hybridized carbons (Fsp3) is 0.583. The van der Waals surface area contributed by atoms with Gasteiger partial charge in [0.15, 0.2) is 5.78 Å². The number of ketones is 1. The van der Waals surface area contributed by atoms with Gasteiger partial charge in [-0.05, 0) is 103 Å². The van der Waals surface area contributed by atoms with Gasteiger partial charge in [-0.3, -0.25) is 4.79 Å². The second-order valence-corrected chi connectivity index (χ2v) is 14.0. The predicted molar refractivity (Wildman–Crippen MR) is 153 cm³/mol. The van der Waals surface area contributed by atoms with Crippen molar-refractivity contribution in [1.82, 2.24) is 0 Å². The highest BCUT2D eigenvalue weighted by molar-refractivity contribution is 5.91. The van der Waals surface area contributed by atoms with Crippen LogP contribution in [0.15, 0.2) is 66.7 Å². The van der Waals surface area contributed by atoms with Crippen LogP contribution in [0.25, 0.3) is 5.57 Å². The van der Waals surface area contributed by atoms with Crippen LogP contribution in [0.4, 0.5) is 0 Å². The molecule has 0 radical (unpaired) electrons. The number of hydrogen-bond acceptors (Lipinski definition) is 2. The van der Waals surface area contributed by atoms with Crippen molar-refractivity contribution in [1.29, 1.82) is 0 Å². The molecule has 4 aliphatic carbocycles. The summed E-state index contributed by atoms with van der Waals surface area (Å²) in [7, 11) is 0. The third kappa shape index (κ3) is 3.38. The molecule has 9 atom stereocenters. The van der Waals surface area contributed by atoms with Gasteiger partial charge in [0.05, 0.1) is 6.10 Å². The molecule has 6 fully saturated rings. The molecule has 2 aromatic rings. The van der Waals surface area contributed by atoms with Crippen molar-refractivity contribution >= 4 is 11.4 Å². The first-order valence-electron chi connectivity index (χ1n) is 15.4. The predicted octanol–water partition coefficient (Wildman–Crippen LogP) is 8.50. The molecule has 6 aliphatic rings. The van der Waals surface area contributed by atoms with Gasteiger partial charge in [-0.25, -0.2) is 0 Å². The maximum absolute atomic E-state index is 14.4. The van der Waals surface area contributed by atoms with Crippen LogP contribution in [-0.2, 0) is 9.53 Å². The molecule has 2 saturated heterocycles. The van der Waals surface area contributed by atoms with Crippen molar-refractivity contribution in [3.05, 3.63) is 77.9 Å². The van der Waals surface area contributed by atoms with E-state index in [0.717, 1.165) is 19.3 Å². The van der Waals surface area contributed by atoms with Crippen molar-refractivity contribution in [2.75, 3.05) is 0 Å². The normalized spacial score (nSPS) is 41.8. The lowest BCUT2D eigenvalue weighted by atomic mass is 9.40. The SMILES string of the molecule is C[C@@H](CC=C(c1ccccc1)c1ccccc1)[C@H]1CC[C@H]2[C@@H]3CC[C@H]4C[C@H]5CC[C@]4(C)[C@@]3(O5)C(=O)C[C@]12C. The minimum atomic E-state index is -0.479. The van der Waals surface area contributed by atoms with E-state index >= 15 is 0 Å². The first kappa shape index (κ1) is 24.8. The van der Waals surface area contributed by atoms with Crippen molar-refractivity contribution in [2.45, 2.75) is 90.3 Å². The summed E-state index contributed by atoms with van der Waals surface area (Å²) in [4.78, 5) is 14.4. The third-order valence-corrected chi connectivity index (χ3v) is 12.5. The molecule has 2 heterocycles. The Kier molecular flexibility index (Phi) is 5.82. The van der Waals surface area contributed by atoms with E-state index in [-0.39, 0.29) is 10.8 Å². The van der Waals surface area contributed by atoms with Gasteiger partial charge in [0, 0.05) is 11.8 Å². The van der Waals surface area contributed by atoms with Crippen LogP contribution in [0.1, 0.15) is 89.7 Å². The van der Waals surface area contributed by atoms with Gasteiger partial charge in [0.25, 0.3) is 0 Å². The zero-order valence-corrected chi connectivity index (χ0v) is 23.5. The maximum Gasteiger partial charge on any atom is 0.166 e. The molecule has 2 heteroatoms. The molecule has 4 bridgehead atoms. The summed E-state index contributed by atoms with van der Waals surface area (Å²) in [6, 6.07) is 21.6. The second-order valence-electron chi connectivity index (χ2n) is 14.0. The fourth-order valence-electron chi connectivity index (χ4n) is 10.7. The molecule has 8 rings (SSSR count). The van der Waals surface area contributed by atoms with Crippen LogP contribution in [-0.4, -0.2) is 17.5 Å². The molecule has 200 valence electrons. The van der Waals surface area contributed by atoms with Gasteiger partial charge >= 0.3 is 0 Å². The van der Waals surface area contributed by atoms with E-state index in [2.05, 4.69) is 87.5 Å². The van der Waals surface area contributed by atoms with E-state index in [4.69, 9.17) is 4.74 Å². The van der Waals surface area contributed by atoms with Gasteiger partial charge in [-0.15, -0.1) is 0 Å². The molecule has 0 N–H and O–H groups in total. The van der Waals surface area contributed by atoms with Gasteiger partial charge < -0.3 is 4.74 Å². The van der Waals surface area contributed by atoms with E-state index in [9.17, 15) is 4.79 Å².